The topological polar surface area (TPSA) is 87.3 Å². The fraction of sp³-hybridized carbons (Fsp3) is 0.0625. The van der Waals surface area contributed by atoms with Crippen LogP contribution >= 0.6 is 0 Å². The molecule has 0 heterocycles. The van der Waals surface area contributed by atoms with Gasteiger partial charge >= 0.3 is 11.8 Å². The van der Waals surface area contributed by atoms with Crippen molar-refractivity contribution < 1.29 is 18.8 Å². The summed E-state index contributed by atoms with van der Waals surface area (Å²) in [7, 11) is 0. The molecule has 0 atom stereocenters. The van der Waals surface area contributed by atoms with Crippen LogP contribution in [0.15, 0.2) is 48.5 Å². The molecule has 0 spiro atoms. The number of anilines is 3. The summed E-state index contributed by atoms with van der Waals surface area (Å²) >= 11 is 0. The highest BCUT2D eigenvalue weighted by Gasteiger charge is 2.14. The maximum atomic E-state index is 12.8. The van der Waals surface area contributed by atoms with Crippen molar-refractivity contribution in [3.05, 3.63) is 54.3 Å². The van der Waals surface area contributed by atoms with Crippen molar-refractivity contribution >= 4 is 34.8 Å². The van der Waals surface area contributed by atoms with E-state index in [-0.39, 0.29) is 5.91 Å². The molecule has 0 fully saturated rings. The van der Waals surface area contributed by atoms with E-state index in [1.807, 2.05) is 0 Å². The summed E-state index contributed by atoms with van der Waals surface area (Å²) < 4.78 is 12.8. The van der Waals surface area contributed by atoms with Crippen molar-refractivity contribution in [3.8, 4) is 0 Å². The summed E-state index contributed by atoms with van der Waals surface area (Å²) in [6.45, 7) is 1.36. The lowest BCUT2D eigenvalue weighted by Crippen LogP contribution is -2.29. The third kappa shape index (κ3) is 4.92. The zero-order valence-electron chi connectivity index (χ0n) is 12.2. The second-order valence-electron chi connectivity index (χ2n) is 4.68. The van der Waals surface area contributed by atoms with Crippen LogP contribution in [0.1, 0.15) is 6.92 Å². The Hall–Kier alpha value is -3.22. The van der Waals surface area contributed by atoms with Crippen LogP contribution in [0.4, 0.5) is 21.5 Å². The van der Waals surface area contributed by atoms with Gasteiger partial charge in [-0.05, 0) is 42.5 Å². The molecular formula is C16H14FN3O3. The Balaban J connectivity index is 1.99. The van der Waals surface area contributed by atoms with Gasteiger partial charge < -0.3 is 16.0 Å². The third-order valence-corrected chi connectivity index (χ3v) is 2.75. The lowest BCUT2D eigenvalue weighted by atomic mass is 10.2. The van der Waals surface area contributed by atoms with Gasteiger partial charge in [0.15, 0.2) is 0 Å². The average molecular weight is 315 g/mol. The number of halogens is 1. The SMILES string of the molecule is CC(=O)Nc1cccc(NC(=O)C(=O)Nc2ccc(F)cc2)c1. The van der Waals surface area contributed by atoms with E-state index in [1.165, 1.54) is 37.3 Å². The molecule has 7 heteroatoms. The maximum absolute atomic E-state index is 12.8. The summed E-state index contributed by atoms with van der Waals surface area (Å²) in [5, 5.41) is 7.33. The number of hydrogen-bond donors (Lipinski definition) is 3. The van der Waals surface area contributed by atoms with E-state index in [0.717, 1.165) is 0 Å². The molecule has 23 heavy (non-hydrogen) atoms. The minimum Gasteiger partial charge on any atom is -0.326 e. The molecule has 0 unspecified atom stereocenters. The highest BCUT2D eigenvalue weighted by Crippen LogP contribution is 2.15. The molecule has 0 saturated carbocycles. The van der Waals surface area contributed by atoms with Crippen LogP contribution in [0.3, 0.4) is 0 Å². The molecule has 2 aromatic carbocycles. The first kappa shape index (κ1) is 16.2. The zero-order valence-corrected chi connectivity index (χ0v) is 12.2. The maximum Gasteiger partial charge on any atom is 0.314 e. The van der Waals surface area contributed by atoms with Crippen LogP contribution in [0.5, 0.6) is 0 Å². The van der Waals surface area contributed by atoms with Crippen LogP contribution in [-0.4, -0.2) is 17.7 Å². The summed E-state index contributed by atoms with van der Waals surface area (Å²) in [5.74, 6) is -2.46. The fourth-order valence-corrected chi connectivity index (χ4v) is 1.79. The molecule has 0 bridgehead atoms. The van der Waals surface area contributed by atoms with Crippen molar-refractivity contribution in [2.45, 2.75) is 6.92 Å². The van der Waals surface area contributed by atoms with Crippen molar-refractivity contribution in [2.75, 3.05) is 16.0 Å². The van der Waals surface area contributed by atoms with Crippen LogP contribution in [0.25, 0.3) is 0 Å². The Labute approximate surface area is 131 Å². The second kappa shape index (κ2) is 7.17. The van der Waals surface area contributed by atoms with Crippen molar-refractivity contribution in [1.29, 1.82) is 0 Å². The molecule has 3 amide bonds. The summed E-state index contributed by atoms with van der Waals surface area (Å²) in [5.41, 5.74) is 1.16. The van der Waals surface area contributed by atoms with Gasteiger partial charge in [0.2, 0.25) is 5.91 Å². The molecule has 2 rings (SSSR count). The first-order valence-electron chi connectivity index (χ1n) is 6.69. The highest BCUT2D eigenvalue weighted by atomic mass is 19.1. The molecule has 3 N–H and O–H groups in total. The Morgan fingerprint density at radius 3 is 1.87 bits per heavy atom. The van der Waals surface area contributed by atoms with Gasteiger partial charge in [-0.2, -0.15) is 0 Å². The van der Waals surface area contributed by atoms with E-state index in [4.69, 9.17) is 0 Å². The predicted molar refractivity (Wildman–Crippen MR) is 84.4 cm³/mol. The number of benzene rings is 2. The van der Waals surface area contributed by atoms with E-state index < -0.39 is 17.6 Å². The molecule has 0 aliphatic heterocycles. The Morgan fingerprint density at radius 2 is 1.30 bits per heavy atom. The van der Waals surface area contributed by atoms with E-state index in [1.54, 1.807) is 18.2 Å². The van der Waals surface area contributed by atoms with Crippen molar-refractivity contribution in [1.82, 2.24) is 0 Å². The summed E-state index contributed by atoms with van der Waals surface area (Å²) in [4.78, 5) is 34.6. The van der Waals surface area contributed by atoms with E-state index in [0.29, 0.717) is 17.1 Å². The number of nitrogens with one attached hydrogen (secondary N) is 3. The van der Waals surface area contributed by atoms with Gasteiger partial charge in [-0.3, -0.25) is 14.4 Å². The first-order valence-corrected chi connectivity index (χ1v) is 6.69. The minimum absolute atomic E-state index is 0.248. The van der Waals surface area contributed by atoms with Gasteiger partial charge in [-0.25, -0.2) is 4.39 Å². The number of carbonyl (C=O) groups excluding carboxylic acids is 3. The summed E-state index contributed by atoms with van der Waals surface area (Å²) in [6, 6.07) is 11.4. The quantitative estimate of drug-likeness (QED) is 0.760. The van der Waals surface area contributed by atoms with Crippen LogP contribution < -0.4 is 16.0 Å². The number of hydrogen-bond acceptors (Lipinski definition) is 3. The number of carbonyl (C=O) groups is 3. The van der Waals surface area contributed by atoms with Gasteiger partial charge in [0.25, 0.3) is 0 Å². The molecule has 118 valence electrons. The van der Waals surface area contributed by atoms with Gasteiger partial charge in [-0.15, -0.1) is 0 Å². The monoisotopic (exact) mass is 315 g/mol. The Bertz CT molecular complexity index is 744. The van der Waals surface area contributed by atoms with E-state index in [2.05, 4.69) is 16.0 Å². The van der Waals surface area contributed by atoms with Gasteiger partial charge in [-0.1, -0.05) is 6.07 Å². The lowest BCUT2D eigenvalue weighted by molar-refractivity contribution is -0.132. The summed E-state index contributed by atoms with van der Waals surface area (Å²) in [6.07, 6.45) is 0. The number of amides is 3. The third-order valence-electron chi connectivity index (χ3n) is 2.75. The second-order valence-corrected chi connectivity index (χ2v) is 4.68. The minimum atomic E-state index is -0.887. The lowest BCUT2D eigenvalue weighted by Gasteiger charge is -2.08. The molecule has 0 aliphatic carbocycles. The average Bonchev–Trinajstić information content (AvgIpc) is 2.49. The van der Waals surface area contributed by atoms with Crippen LogP contribution in [-0.2, 0) is 14.4 Å². The van der Waals surface area contributed by atoms with Gasteiger partial charge in [0.05, 0.1) is 0 Å². The van der Waals surface area contributed by atoms with E-state index in [9.17, 15) is 18.8 Å². The standard InChI is InChI=1S/C16H14FN3O3/c1-10(21)18-13-3-2-4-14(9-13)20-16(23)15(22)19-12-7-5-11(17)6-8-12/h2-9H,1H3,(H,18,21)(H,19,22)(H,20,23). The highest BCUT2D eigenvalue weighted by molar-refractivity contribution is 6.43. The normalized spacial score (nSPS) is 9.83. The molecule has 6 nitrogen and oxygen atoms in total. The van der Waals surface area contributed by atoms with Crippen LogP contribution in [0, 0.1) is 5.82 Å². The molecule has 2 aromatic rings. The van der Waals surface area contributed by atoms with E-state index >= 15 is 0 Å². The van der Waals surface area contributed by atoms with Gasteiger partial charge in [0, 0.05) is 24.0 Å². The zero-order chi connectivity index (χ0) is 16.8. The van der Waals surface area contributed by atoms with Crippen molar-refractivity contribution in [3.63, 3.8) is 0 Å². The van der Waals surface area contributed by atoms with Gasteiger partial charge in [0.1, 0.15) is 5.82 Å². The Morgan fingerprint density at radius 1 is 0.783 bits per heavy atom. The molecule has 0 aliphatic rings. The van der Waals surface area contributed by atoms with Crippen LogP contribution in [0.2, 0.25) is 0 Å². The smallest absolute Gasteiger partial charge is 0.314 e. The molecule has 0 radical (unpaired) electrons. The first-order chi connectivity index (χ1) is 10.9. The van der Waals surface area contributed by atoms with Crippen molar-refractivity contribution in [2.24, 2.45) is 0 Å². The molecule has 0 aromatic heterocycles. The fourth-order valence-electron chi connectivity index (χ4n) is 1.79. The predicted octanol–water partition coefficient (Wildman–Crippen LogP) is 2.36. The molecular weight excluding hydrogens is 301 g/mol. The molecule has 0 saturated heterocycles. The largest absolute Gasteiger partial charge is 0.326 e. The Kier molecular flexibility index (Phi) is 5.03. The number of rotatable bonds is 3.